The van der Waals surface area contributed by atoms with Gasteiger partial charge in [-0.1, -0.05) is 6.07 Å². The van der Waals surface area contributed by atoms with Crippen LogP contribution in [0.25, 0.3) is 0 Å². The first-order valence-corrected chi connectivity index (χ1v) is 10.3. The zero-order valence-electron chi connectivity index (χ0n) is 15.7. The lowest BCUT2D eigenvalue weighted by molar-refractivity contribution is -0.130. The number of thiophene rings is 1. The number of anilines is 1. The zero-order valence-corrected chi connectivity index (χ0v) is 16.5. The predicted molar refractivity (Wildman–Crippen MR) is 105 cm³/mol. The van der Waals surface area contributed by atoms with Crippen molar-refractivity contribution in [3.8, 4) is 0 Å². The molecule has 28 heavy (non-hydrogen) atoms. The van der Waals surface area contributed by atoms with Crippen LogP contribution in [0.2, 0.25) is 0 Å². The second-order valence-electron chi connectivity index (χ2n) is 7.28. The van der Waals surface area contributed by atoms with E-state index in [0.717, 1.165) is 18.5 Å². The van der Waals surface area contributed by atoms with Crippen LogP contribution >= 0.6 is 11.3 Å². The molecule has 2 atom stereocenters. The molecule has 2 aromatic heterocycles. The number of piperidine rings is 1. The highest BCUT2D eigenvalue weighted by Gasteiger charge is 2.36. The number of carbonyl (C=O) groups excluding carboxylic acids is 3. The minimum atomic E-state index is -0.518. The molecule has 0 saturated carbocycles. The summed E-state index contributed by atoms with van der Waals surface area (Å²) in [7, 11) is 1.80. The number of nitrogens with one attached hydrogen (secondary N) is 1. The van der Waals surface area contributed by atoms with Crippen molar-refractivity contribution in [2.24, 2.45) is 13.0 Å². The molecule has 2 aromatic rings. The smallest absolute Gasteiger partial charge is 0.263 e. The van der Waals surface area contributed by atoms with E-state index >= 15 is 0 Å². The molecule has 2 unspecified atom stereocenters. The third-order valence-electron chi connectivity index (χ3n) is 5.34. The van der Waals surface area contributed by atoms with Crippen molar-refractivity contribution < 1.29 is 14.4 Å². The molecule has 0 aromatic carbocycles. The van der Waals surface area contributed by atoms with Crippen LogP contribution in [0.15, 0.2) is 29.9 Å². The zero-order chi connectivity index (χ0) is 19.7. The van der Waals surface area contributed by atoms with Gasteiger partial charge in [0.25, 0.3) is 5.91 Å². The number of likely N-dealkylation sites (tertiary alicyclic amines) is 1. The molecule has 0 aliphatic carbocycles. The Labute approximate surface area is 167 Å². The molecule has 0 spiro atoms. The quantitative estimate of drug-likeness (QED) is 0.835. The molecule has 148 valence electrons. The lowest BCUT2D eigenvalue weighted by Crippen LogP contribution is -2.49. The van der Waals surface area contributed by atoms with Gasteiger partial charge in [-0.25, -0.2) is 0 Å². The first-order chi connectivity index (χ1) is 13.5. The summed E-state index contributed by atoms with van der Waals surface area (Å²) in [6.07, 6.45) is 5.53. The number of hydrogen-bond acceptors (Lipinski definition) is 5. The van der Waals surface area contributed by atoms with Crippen molar-refractivity contribution in [3.05, 3.63) is 34.8 Å². The summed E-state index contributed by atoms with van der Waals surface area (Å²) in [5, 5.41) is 8.88. The lowest BCUT2D eigenvalue weighted by Gasteiger charge is -2.32. The van der Waals surface area contributed by atoms with Gasteiger partial charge >= 0.3 is 0 Å². The maximum Gasteiger partial charge on any atom is 0.263 e. The molecule has 1 N–H and O–H groups in total. The van der Waals surface area contributed by atoms with Gasteiger partial charge in [-0.2, -0.15) is 5.10 Å². The Bertz CT molecular complexity index is 878. The third kappa shape index (κ3) is 3.66. The molecule has 0 bridgehead atoms. The summed E-state index contributed by atoms with van der Waals surface area (Å²) < 4.78 is 1.65. The highest BCUT2D eigenvalue weighted by molar-refractivity contribution is 7.12. The fraction of sp³-hybridized carbons (Fsp3) is 0.474. The van der Waals surface area contributed by atoms with E-state index in [1.807, 2.05) is 11.4 Å². The number of aryl methyl sites for hydroxylation is 1. The maximum absolute atomic E-state index is 12.8. The van der Waals surface area contributed by atoms with E-state index in [1.54, 1.807) is 40.0 Å². The molecule has 2 fully saturated rings. The number of carbonyl (C=O) groups is 3. The number of rotatable bonds is 4. The van der Waals surface area contributed by atoms with Crippen LogP contribution in [-0.2, 0) is 16.6 Å². The van der Waals surface area contributed by atoms with E-state index in [4.69, 9.17) is 0 Å². The summed E-state index contributed by atoms with van der Waals surface area (Å²) in [4.78, 5) is 42.1. The summed E-state index contributed by atoms with van der Waals surface area (Å²) in [6.45, 7) is 1.62. The van der Waals surface area contributed by atoms with Gasteiger partial charge in [-0.3, -0.25) is 19.1 Å². The predicted octanol–water partition coefficient (Wildman–Crippen LogP) is 1.26. The number of nitrogens with zero attached hydrogens (tertiary/aromatic N) is 4. The third-order valence-corrected chi connectivity index (χ3v) is 6.19. The largest absolute Gasteiger partial charge is 0.344 e. The topological polar surface area (TPSA) is 87.5 Å². The Morgan fingerprint density at radius 1 is 1.29 bits per heavy atom. The first kappa shape index (κ1) is 18.7. The highest BCUT2D eigenvalue weighted by atomic mass is 32.1. The summed E-state index contributed by atoms with van der Waals surface area (Å²) in [6, 6.07) is 3.14. The SMILES string of the molecule is Cn1cc(N2CCC(NC(=O)C3CCCN(C(=O)c4cccs4)C3)C2=O)cn1. The van der Waals surface area contributed by atoms with Crippen LogP contribution in [0.5, 0.6) is 0 Å². The molecule has 4 rings (SSSR count). The fourth-order valence-electron chi connectivity index (χ4n) is 3.84. The van der Waals surface area contributed by atoms with Crippen molar-refractivity contribution in [2.75, 3.05) is 24.5 Å². The summed E-state index contributed by atoms with van der Waals surface area (Å²) in [5.41, 5.74) is 0.745. The molecule has 3 amide bonds. The van der Waals surface area contributed by atoms with Gasteiger partial charge in [0.1, 0.15) is 6.04 Å². The molecule has 2 aliphatic rings. The first-order valence-electron chi connectivity index (χ1n) is 9.46. The number of aromatic nitrogens is 2. The second kappa shape index (κ2) is 7.75. The molecule has 8 nitrogen and oxygen atoms in total. The van der Waals surface area contributed by atoms with E-state index in [9.17, 15) is 14.4 Å². The Balaban J connectivity index is 1.36. The van der Waals surface area contributed by atoms with Crippen LogP contribution < -0.4 is 10.2 Å². The van der Waals surface area contributed by atoms with E-state index < -0.39 is 6.04 Å². The van der Waals surface area contributed by atoms with Crippen molar-refractivity contribution >= 4 is 34.7 Å². The van der Waals surface area contributed by atoms with Crippen LogP contribution in [0.3, 0.4) is 0 Å². The van der Waals surface area contributed by atoms with Gasteiger partial charge < -0.3 is 15.1 Å². The Morgan fingerprint density at radius 3 is 2.86 bits per heavy atom. The Morgan fingerprint density at radius 2 is 2.14 bits per heavy atom. The van der Waals surface area contributed by atoms with E-state index in [1.165, 1.54) is 11.3 Å². The van der Waals surface area contributed by atoms with Crippen molar-refractivity contribution in [1.82, 2.24) is 20.0 Å². The standard InChI is InChI=1S/C19H23N5O3S/c1-22-12-14(10-20-22)24-8-6-15(18(24)26)21-17(25)13-4-2-7-23(11-13)19(27)16-5-3-9-28-16/h3,5,9-10,12-13,15H,2,4,6-8,11H2,1H3,(H,21,25). The second-order valence-corrected chi connectivity index (χ2v) is 8.23. The van der Waals surface area contributed by atoms with Crippen LogP contribution in [-0.4, -0.2) is 58.1 Å². The highest BCUT2D eigenvalue weighted by Crippen LogP contribution is 2.23. The van der Waals surface area contributed by atoms with E-state index in [0.29, 0.717) is 30.9 Å². The molecular formula is C19H23N5O3S. The minimum absolute atomic E-state index is 0.0211. The molecule has 9 heteroatoms. The van der Waals surface area contributed by atoms with Crippen LogP contribution in [0.1, 0.15) is 28.9 Å². The van der Waals surface area contributed by atoms with Gasteiger partial charge in [0.15, 0.2) is 0 Å². The fourth-order valence-corrected chi connectivity index (χ4v) is 4.53. The molecule has 0 radical (unpaired) electrons. The van der Waals surface area contributed by atoms with Gasteiger partial charge in [-0.05, 0) is 30.7 Å². The summed E-state index contributed by atoms with van der Waals surface area (Å²) in [5.74, 6) is -0.552. The average Bonchev–Trinajstić information content (AvgIpc) is 3.44. The van der Waals surface area contributed by atoms with E-state index in [-0.39, 0.29) is 23.6 Å². The molecule has 2 aliphatic heterocycles. The Kier molecular flexibility index (Phi) is 5.17. The number of amides is 3. The van der Waals surface area contributed by atoms with Crippen molar-refractivity contribution in [3.63, 3.8) is 0 Å². The van der Waals surface area contributed by atoms with E-state index in [2.05, 4.69) is 10.4 Å². The maximum atomic E-state index is 12.8. The number of hydrogen-bond donors (Lipinski definition) is 1. The van der Waals surface area contributed by atoms with Gasteiger partial charge in [0, 0.05) is 32.9 Å². The van der Waals surface area contributed by atoms with Crippen LogP contribution in [0, 0.1) is 5.92 Å². The average molecular weight is 401 g/mol. The lowest BCUT2D eigenvalue weighted by atomic mass is 9.96. The molecule has 4 heterocycles. The van der Waals surface area contributed by atoms with Gasteiger partial charge in [-0.15, -0.1) is 11.3 Å². The molecule has 2 saturated heterocycles. The normalized spacial score (nSPS) is 22.5. The van der Waals surface area contributed by atoms with Crippen molar-refractivity contribution in [2.45, 2.75) is 25.3 Å². The van der Waals surface area contributed by atoms with Crippen LogP contribution in [0.4, 0.5) is 5.69 Å². The van der Waals surface area contributed by atoms with Gasteiger partial charge in [0.2, 0.25) is 11.8 Å². The monoisotopic (exact) mass is 401 g/mol. The molecular weight excluding hydrogens is 378 g/mol. The Hall–Kier alpha value is -2.68. The summed E-state index contributed by atoms with van der Waals surface area (Å²) >= 11 is 1.41. The van der Waals surface area contributed by atoms with Crippen molar-refractivity contribution in [1.29, 1.82) is 0 Å². The minimum Gasteiger partial charge on any atom is -0.344 e. The van der Waals surface area contributed by atoms with Gasteiger partial charge in [0.05, 0.1) is 22.7 Å².